The Kier molecular flexibility index (Phi) is 5.01. The topological polar surface area (TPSA) is 15.3 Å². The van der Waals surface area contributed by atoms with Gasteiger partial charge in [-0.3, -0.25) is 4.90 Å². The number of hydrogen-bond donors (Lipinski definition) is 1. The van der Waals surface area contributed by atoms with Gasteiger partial charge in [0.2, 0.25) is 0 Å². The lowest BCUT2D eigenvalue weighted by Crippen LogP contribution is -2.37. The van der Waals surface area contributed by atoms with Crippen LogP contribution in [-0.2, 0) is 6.54 Å². The molecule has 0 saturated carbocycles. The molecular formula is C14H21BrN2. The molecule has 1 aliphatic heterocycles. The molecule has 2 nitrogen and oxygen atoms in total. The SMILES string of the molecule is CCN1CCCC1CNCc1ccc(Br)cc1. The molecular weight excluding hydrogens is 276 g/mol. The molecule has 0 amide bonds. The first-order chi connectivity index (χ1) is 8.29. The number of likely N-dealkylation sites (N-methyl/N-ethyl adjacent to an activating group) is 1. The Bertz CT molecular complexity index is 337. The quantitative estimate of drug-likeness (QED) is 0.898. The van der Waals surface area contributed by atoms with E-state index in [4.69, 9.17) is 0 Å². The molecule has 1 unspecified atom stereocenters. The minimum atomic E-state index is 0.746. The molecule has 1 fully saturated rings. The van der Waals surface area contributed by atoms with Crippen LogP contribution in [0.4, 0.5) is 0 Å². The van der Waals surface area contributed by atoms with E-state index in [0.717, 1.165) is 23.6 Å². The largest absolute Gasteiger partial charge is 0.311 e. The Morgan fingerprint density at radius 3 is 2.82 bits per heavy atom. The Hall–Kier alpha value is -0.380. The lowest BCUT2D eigenvalue weighted by Gasteiger charge is -2.23. The van der Waals surface area contributed by atoms with E-state index in [2.05, 4.69) is 57.3 Å². The third kappa shape index (κ3) is 3.80. The van der Waals surface area contributed by atoms with E-state index in [0.29, 0.717) is 0 Å². The second-order valence-corrected chi connectivity index (χ2v) is 5.60. The van der Waals surface area contributed by atoms with Crippen molar-refractivity contribution < 1.29 is 0 Å². The fourth-order valence-corrected chi connectivity index (χ4v) is 2.79. The number of hydrogen-bond acceptors (Lipinski definition) is 2. The van der Waals surface area contributed by atoms with Crippen molar-refractivity contribution >= 4 is 15.9 Å². The van der Waals surface area contributed by atoms with Gasteiger partial charge in [0, 0.05) is 23.6 Å². The Labute approximate surface area is 113 Å². The fourth-order valence-electron chi connectivity index (χ4n) is 2.53. The van der Waals surface area contributed by atoms with Gasteiger partial charge in [0.1, 0.15) is 0 Å². The molecule has 17 heavy (non-hydrogen) atoms. The van der Waals surface area contributed by atoms with Crippen molar-refractivity contribution in [2.75, 3.05) is 19.6 Å². The van der Waals surface area contributed by atoms with E-state index in [9.17, 15) is 0 Å². The predicted molar refractivity (Wildman–Crippen MR) is 76.1 cm³/mol. The van der Waals surface area contributed by atoms with E-state index in [-0.39, 0.29) is 0 Å². The van der Waals surface area contributed by atoms with Gasteiger partial charge in [-0.2, -0.15) is 0 Å². The molecule has 0 radical (unpaired) electrons. The van der Waals surface area contributed by atoms with Gasteiger partial charge in [-0.05, 0) is 43.6 Å². The zero-order valence-corrected chi connectivity index (χ0v) is 12.0. The van der Waals surface area contributed by atoms with Crippen LogP contribution in [0.15, 0.2) is 28.7 Å². The van der Waals surface area contributed by atoms with Crippen molar-refractivity contribution in [3.8, 4) is 0 Å². The van der Waals surface area contributed by atoms with E-state index in [1.54, 1.807) is 0 Å². The van der Waals surface area contributed by atoms with Crippen LogP contribution >= 0.6 is 15.9 Å². The average Bonchev–Trinajstić information content (AvgIpc) is 2.79. The number of halogens is 1. The molecule has 0 aliphatic carbocycles. The van der Waals surface area contributed by atoms with Gasteiger partial charge in [-0.1, -0.05) is 35.0 Å². The third-order valence-electron chi connectivity index (χ3n) is 3.53. The van der Waals surface area contributed by atoms with Gasteiger partial charge < -0.3 is 5.32 Å². The number of nitrogens with one attached hydrogen (secondary N) is 1. The van der Waals surface area contributed by atoms with Gasteiger partial charge in [-0.25, -0.2) is 0 Å². The van der Waals surface area contributed by atoms with E-state index in [1.807, 2.05) is 0 Å². The van der Waals surface area contributed by atoms with Crippen LogP contribution in [0.2, 0.25) is 0 Å². The lowest BCUT2D eigenvalue weighted by molar-refractivity contribution is 0.260. The minimum absolute atomic E-state index is 0.746. The van der Waals surface area contributed by atoms with Crippen LogP contribution in [0.5, 0.6) is 0 Å². The second-order valence-electron chi connectivity index (χ2n) is 4.68. The van der Waals surface area contributed by atoms with E-state index >= 15 is 0 Å². The second kappa shape index (κ2) is 6.53. The highest BCUT2D eigenvalue weighted by molar-refractivity contribution is 9.10. The summed E-state index contributed by atoms with van der Waals surface area (Å²) in [6.07, 6.45) is 2.71. The van der Waals surface area contributed by atoms with Crippen LogP contribution in [-0.4, -0.2) is 30.6 Å². The predicted octanol–water partition coefficient (Wildman–Crippen LogP) is 3.02. The van der Waals surface area contributed by atoms with Crippen LogP contribution in [0, 0.1) is 0 Å². The van der Waals surface area contributed by atoms with Crippen molar-refractivity contribution in [2.24, 2.45) is 0 Å². The first kappa shape index (κ1) is 13.1. The summed E-state index contributed by atoms with van der Waals surface area (Å²) in [5, 5.41) is 3.57. The molecule has 1 heterocycles. The molecule has 1 aromatic carbocycles. The molecule has 2 rings (SSSR count). The third-order valence-corrected chi connectivity index (χ3v) is 4.06. The maximum absolute atomic E-state index is 3.57. The monoisotopic (exact) mass is 296 g/mol. The smallest absolute Gasteiger partial charge is 0.0221 e. The molecule has 0 bridgehead atoms. The van der Waals surface area contributed by atoms with Crippen molar-refractivity contribution in [2.45, 2.75) is 32.4 Å². The summed E-state index contributed by atoms with van der Waals surface area (Å²) in [5.74, 6) is 0. The first-order valence-electron chi connectivity index (χ1n) is 6.49. The molecule has 1 N–H and O–H groups in total. The molecule has 1 atom stereocenters. The number of benzene rings is 1. The summed E-state index contributed by atoms with van der Waals surface area (Å²) in [6, 6.07) is 9.29. The summed E-state index contributed by atoms with van der Waals surface area (Å²) >= 11 is 3.46. The highest BCUT2D eigenvalue weighted by Gasteiger charge is 2.21. The summed E-state index contributed by atoms with van der Waals surface area (Å²) < 4.78 is 1.15. The van der Waals surface area contributed by atoms with Crippen LogP contribution in [0.3, 0.4) is 0 Å². The highest BCUT2D eigenvalue weighted by atomic mass is 79.9. The number of nitrogens with zero attached hydrogens (tertiary/aromatic N) is 1. The van der Waals surface area contributed by atoms with Gasteiger partial charge in [0.25, 0.3) is 0 Å². The summed E-state index contributed by atoms with van der Waals surface area (Å²) in [4.78, 5) is 2.58. The number of likely N-dealkylation sites (tertiary alicyclic amines) is 1. The standard InChI is InChI=1S/C14H21BrN2/c1-2-17-9-3-4-14(17)11-16-10-12-5-7-13(15)8-6-12/h5-8,14,16H,2-4,9-11H2,1H3. The van der Waals surface area contributed by atoms with Crippen molar-refractivity contribution in [3.05, 3.63) is 34.3 Å². The maximum atomic E-state index is 3.57. The summed E-state index contributed by atoms with van der Waals surface area (Å²) in [5.41, 5.74) is 1.36. The number of rotatable bonds is 5. The zero-order chi connectivity index (χ0) is 12.1. The first-order valence-corrected chi connectivity index (χ1v) is 7.28. The molecule has 1 saturated heterocycles. The normalized spacial score (nSPS) is 20.9. The summed E-state index contributed by atoms with van der Waals surface area (Å²) in [6.45, 7) is 6.81. The molecule has 3 heteroatoms. The summed E-state index contributed by atoms with van der Waals surface area (Å²) in [7, 11) is 0. The average molecular weight is 297 g/mol. The van der Waals surface area contributed by atoms with Crippen LogP contribution in [0.1, 0.15) is 25.3 Å². The van der Waals surface area contributed by atoms with Crippen LogP contribution < -0.4 is 5.32 Å². The Balaban J connectivity index is 1.74. The molecule has 1 aromatic rings. The fraction of sp³-hybridized carbons (Fsp3) is 0.571. The Morgan fingerprint density at radius 2 is 2.12 bits per heavy atom. The molecule has 0 spiro atoms. The zero-order valence-electron chi connectivity index (χ0n) is 10.5. The molecule has 1 aliphatic rings. The van der Waals surface area contributed by atoms with Crippen LogP contribution in [0.25, 0.3) is 0 Å². The Morgan fingerprint density at radius 1 is 1.35 bits per heavy atom. The van der Waals surface area contributed by atoms with Crippen molar-refractivity contribution in [1.29, 1.82) is 0 Å². The molecule has 94 valence electrons. The van der Waals surface area contributed by atoms with Crippen molar-refractivity contribution in [1.82, 2.24) is 10.2 Å². The van der Waals surface area contributed by atoms with Gasteiger partial charge in [0.15, 0.2) is 0 Å². The van der Waals surface area contributed by atoms with Gasteiger partial charge in [0.05, 0.1) is 0 Å². The minimum Gasteiger partial charge on any atom is -0.311 e. The molecule has 0 aromatic heterocycles. The maximum Gasteiger partial charge on any atom is 0.0221 e. The lowest BCUT2D eigenvalue weighted by atomic mass is 10.2. The van der Waals surface area contributed by atoms with E-state index < -0.39 is 0 Å². The van der Waals surface area contributed by atoms with E-state index in [1.165, 1.54) is 31.5 Å². The highest BCUT2D eigenvalue weighted by Crippen LogP contribution is 2.16. The van der Waals surface area contributed by atoms with Gasteiger partial charge in [-0.15, -0.1) is 0 Å². The van der Waals surface area contributed by atoms with Gasteiger partial charge >= 0.3 is 0 Å². The van der Waals surface area contributed by atoms with Crippen molar-refractivity contribution in [3.63, 3.8) is 0 Å².